The average Bonchev–Trinajstić information content (AvgIpc) is 2.73. The maximum absolute atomic E-state index is 12.6. The van der Waals surface area contributed by atoms with E-state index in [2.05, 4.69) is 16.9 Å². The molecule has 148 valence electrons. The zero-order chi connectivity index (χ0) is 20.8. The minimum Gasteiger partial charge on any atom is -0.392 e. The fourth-order valence-electron chi connectivity index (χ4n) is 3.06. The third-order valence-electron chi connectivity index (χ3n) is 4.72. The van der Waals surface area contributed by atoms with Crippen molar-refractivity contribution in [3.63, 3.8) is 0 Å². The number of nitrogens with one attached hydrogen (secondary N) is 1. The van der Waals surface area contributed by atoms with Crippen LogP contribution in [0.25, 0.3) is 5.03 Å². The van der Waals surface area contributed by atoms with Gasteiger partial charge in [-0.25, -0.2) is 0 Å². The van der Waals surface area contributed by atoms with Crippen molar-refractivity contribution >= 4 is 22.5 Å². The fraction of sp³-hybridized carbons (Fsp3) is 0.167. The second-order valence-electron chi connectivity index (χ2n) is 6.97. The number of aliphatic hydroxyl groups excluding tert-OH is 1. The zero-order valence-electron chi connectivity index (χ0n) is 16.3. The van der Waals surface area contributed by atoms with E-state index in [0.29, 0.717) is 23.6 Å². The van der Waals surface area contributed by atoms with Crippen molar-refractivity contribution in [2.24, 2.45) is 0 Å². The normalized spacial score (nSPS) is 10.6. The van der Waals surface area contributed by atoms with Crippen LogP contribution in [0.3, 0.4) is 0 Å². The molecule has 2 N–H and O–H groups in total. The number of carbonyl (C=O) groups excluding carboxylic acids is 1. The zero-order valence-corrected chi connectivity index (χ0v) is 17.0. The standard InChI is InChI=1S/C24H23ClN2O2/c1-16-3-4-20(11-23(16)17(2)25)13-27-24(29)22-10-21(12-26-14-22)9-18-5-7-19(15-28)8-6-18/h3-8,10-12,14,28H,2,9,13,15H2,1H3,(H,27,29). The molecule has 0 bridgehead atoms. The van der Waals surface area contributed by atoms with Gasteiger partial charge in [-0.3, -0.25) is 9.78 Å². The van der Waals surface area contributed by atoms with Crippen molar-refractivity contribution in [1.82, 2.24) is 10.3 Å². The van der Waals surface area contributed by atoms with Gasteiger partial charge in [-0.1, -0.05) is 54.6 Å². The minimum atomic E-state index is -0.179. The predicted octanol–water partition coefficient (Wildman–Crippen LogP) is 4.61. The first-order chi connectivity index (χ1) is 14.0. The maximum Gasteiger partial charge on any atom is 0.253 e. The third kappa shape index (κ3) is 5.53. The van der Waals surface area contributed by atoms with Crippen LogP contribution < -0.4 is 5.32 Å². The van der Waals surface area contributed by atoms with Gasteiger partial charge < -0.3 is 10.4 Å². The molecule has 0 spiro atoms. The van der Waals surface area contributed by atoms with Crippen molar-refractivity contribution in [3.05, 3.63) is 106 Å². The van der Waals surface area contributed by atoms with Crippen molar-refractivity contribution in [2.75, 3.05) is 0 Å². The van der Waals surface area contributed by atoms with E-state index < -0.39 is 0 Å². The van der Waals surface area contributed by atoms with E-state index in [4.69, 9.17) is 16.7 Å². The Morgan fingerprint density at radius 3 is 2.41 bits per heavy atom. The van der Waals surface area contributed by atoms with Gasteiger partial charge in [0.1, 0.15) is 0 Å². The number of carbonyl (C=O) groups is 1. The molecular formula is C24H23ClN2O2. The number of aliphatic hydroxyl groups is 1. The molecule has 3 aromatic rings. The molecule has 4 nitrogen and oxygen atoms in total. The first-order valence-electron chi connectivity index (χ1n) is 9.31. The number of pyridine rings is 1. The number of hydrogen-bond donors (Lipinski definition) is 2. The average molecular weight is 407 g/mol. The first-order valence-corrected chi connectivity index (χ1v) is 9.69. The Labute approximate surface area is 175 Å². The Balaban J connectivity index is 1.66. The van der Waals surface area contributed by atoms with Crippen LogP contribution in [0.2, 0.25) is 0 Å². The monoisotopic (exact) mass is 406 g/mol. The Hall–Kier alpha value is -2.95. The molecule has 0 aliphatic carbocycles. The van der Waals surface area contributed by atoms with E-state index in [1.165, 1.54) is 0 Å². The Morgan fingerprint density at radius 2 is 1.72 bits per heavy atom. The molecule has 5 heteroatoms. The Morgan fingerprint density at radius 1 is 1.03 bits per heavy atom. The van der Waals surface area contributed by atoms with Crippen LogP contribution in [0.4, 0.5) is 0 Å². The summed E-state index contributed by atoms with van der Waals surface area (Å²) in [5.74, 6) is -0.179. The third-order valence-corrected chi connectivity index (χ3v) is 4.92. The molecule has 0 aliphatic heterocycles. The SMILES string of the molecule is C=C(Cl)c1cc(CNC(=O)c2cncc(Cc3ccc(CO)cc3)c2)ccc1C. The van der Waals surface area contributed by atoms with Crippen LogP contribution in [-0.2, 0) is 19.6 Å². The van der Waals surface area contributed by atoms with Crippen molar-refractivity contribution in [3.8, 4) is 0 Å². The molecule has 2 aromatic carbocycles. The summed E-state index contributed by atoms with van der Waals surface area (Å²) in [5.41, 5.74) is 6.31. The number of aryl methyl sites for hydroxylation is 1. The predicted molar refractivity (Wildman–Crippen MR) is 117 cm³/mol. The lowest BCUT2D eigenvalue weighted by Gasteiger charge is -2.10. The topological polar surface area (TPSA) is 62.2 Å². The lowest BCUT2D eigenvalue weighted by Crippen LogP contribution is -2.23. The van der Waals surface area contributed by atoms with Crippen LogP contribution >= 0.6 is 11.6 Å². The molecule has 1 amide bonds. The van der Waals surface area contributed by atoms with Gasteiger partial charge in [-0.15, -0.1) is 0 Å². The molecular weight excluding hydrogens is 384 g/mol. The highest BCUT2D eigenvalue weighted by atomic mass is 35.5. The molecule has 1 aromatic heterocycles. The van der Waals surface area contributed by atoms with Crippen LogP contribution in [-0.4, -0.2) is 16.0 Å². The number of halogens is 1. The molecule has 0 atom stereocenters. The van der Waals surface area contributed by atoms with Crippen LogP contribution in [0.1, 0.15) is 43.7 Å². The van der Waals surface area contributed by atoms with Crippen LogP contribution in [0, 0.1) is 6.92 Å². The Kier molecular flexibility index (Phi) is 6.81. The molecule has 0 fully saturated rings. The molecule has 0 saturated heterocycles. The summed E-state index contributed by atoms with van der Waals surface area (Å²) in [6.07, 6.45) is 3.99. The lowest BCUT2D eigenvalue weighted by atomic mass is 10.0. The lowest BCUT2D eigenvalue weighted by molar-refractivity contribution is 0.0950. The Bertz CT molecular complexity index is 1030. The van der Waals surface area contributed by atoms with E-state index in [-0.39, 0.29) is 12.5 Å². The molecule has 29 heavy (non-hydrogen) atoms. The summed E-state index contributed by atoms with van der Waals surface area (Å²) >= 11 is 6.04. The summed E-state index contributed by atoms with van der Waals surface area (Å²) in [4.78, 5) is 16.8. The van der Waals surface area contributed by atoms with Crippen molar-refractivity contribution in [2.45, 2.75) is 26.5 Å². The number of aromatic nitrogens is 1. The van der Waals surface area contributed by atoms with Crippen molar-refractivity contribution < 1.29 is 9.90 Å². The number of hydrogen-bond acceptors (Lipinski definition) is 3. The van der Waals surface area contributed by atoms with Gasteiger partial charge in [0.05, 0.1) is 12.2 Å². The molecule has 0 aliphatic rings. The number of rotatable bonds is 7. The van der Waals surface area contributed by atoms with Crippen LogP contribution in [0.15, 0.2) is 67.5 Å². The van der Waals surface area contributed by atoms with Gasteiger partial charge in [-0.2, -0.15) is 0 Å². The van der Waals surface area contributed by atoms with E-state index in [1.807, 2.05) is 55.5 Å². The molecule has 3 rings (SSSR count). The van der Waals surface area contributed by atoms with E-state index in [0.717, 1.165) is 33.4 Å². The number of benzene rings is 2. The van der Waals surface area contributed by atoms with Gasteiger partial charge in [0.25, 0.3) is 5.91 Å². The van der Waals surface area contributed by atoms with E-state index in [9.17, 15) is 4.79 Å². The van der Waals surface area contributed by atoms with Gasteiger partial charge in [0, 0.05) is 24.0 Å². The van der Waals surface area contributed by atoms with Gasteiger partial charge in [0.2, 0.25) is 0 Å². The van der Waals surface area contributed by atoms with Gasteiger partial charge in [0.15, 0.2) is 0 Å². The second-order valence-corrected chi connectivity index (χ2v) is 7.43. The fourth-order valence-corrected chi connectivity index (χ4v) is 3.27. The molecule has 0 radical (unpaired) electrons. The maximum atomic E-state index is 12.6. The number of amides is 1. The summed E-state index contributed by atoms with van der Waals surface area (Å²) in [6, 6.07) is 15.4. The molecule has 0 unspecified atom stereocenters. The molecule has 0 saturated carbocycles. The van der Waals surface area contributed by atoms with Gasteiger partial charge >= 0.3 is 0 Å². The minimum absolute atomic E-state index is 0.0268. The summed E-state index contributed by atoms with van der Waals surface area (Å²) in [7, 11) is 0. The summed E-state index contributed by atoms with van der Waals surface area (Å²) in [5, 5.41) is 12.6. The summed E-state index contributed by atoms with van der Waals surface area (Å²) in [6.45, 7) is 6.17. The highest BCUT2D eigenvalue weighted by molar-refractivity contribution is 6.48. The van der Waals surface area contributed by atoms with Gasteiger partial charge in [-0.05, 0) is 58.9 Å². The first kappa shape index (κ1) is 20.8. The number of nitrogens with zero attached hydrogens (tertiary/aromatic N) is 1. The quantitative estimate of drug-likeness (QED) is 0.602. The molecule has 1 heterocycles. The smallest absolute Gasteiger partial charge is 0.253 e. The van der Waals surface area contributed by atoms with E-state index >= 15 is 0 Å². The summed E-state index contributed by atoms with van der Waals surface area (Å²) < 4.78 is 0. The second kappa shape index (κ2) is 9.50. The van der Waals surface area contributed by atoms with Crippen LogP contribution in [0.5, 0.6) is 0 Å². The highest BCUT2D eigenvalue weighted by Crippen LogP contribution is 2.22. The largest absolute Gasteiger partial charge is 0.392 e. The van der Waals surface area contributed by atoms with Crippen molar-refractivity contribution in [1.29, 1.82) is 0 Å². The van der Waals surface area contributed by atoms with E-state index in [1.54, 1.807) is 12.4 Å². The highest BCUT2D eigenvalue weighted by Gasteiger charge is 2.09.